The fraction of sp³-hybridized carbons (Fsp3) is 0.438. The van der Waals surface area contributed by atoms with E-state index in [1.807, 2.05) is 10.6 Å². The summed E-state index contributed by atoms with van der Waals surface area (Å²) in [7, 11) is -3.69. The fourth-order valence-corrected chi connectivity index (χ4v) is 4.09. The van der Waals surface area contributed by atoms with Crippen molar-refractivity contribution in [3.8, 4) is 6.07 Å². The molecule has 126 valence electrons. The average molecular weight is 345 g/mol. The minimum atomic E-state index is -3.69. The molecule has 24 heavy (non-hydrogen) atoms. The van der Waals surface area contributed by atoms with Crippen molar-refractivity contribution in [2.45, 2.75) is 50.1 Å². The first kappa shape index (κ1) is 16.6. The zero-order valence-corrected chi connectivity index (χ0v) is 14.3. The highest BCUT2D eigenvalue weighted by molar-refractivity contribution is 7.89. The maximum atomic E-state index is 12.5. The van der Waals surface area contributed by atoms with Crippen LogP contribution in [0.5, 0.6) is 0 Å². The van der Waals surface area contributed by atoms with Gasteiger partial charge in [-0.3, -0.25) is 0 Å². The topological polar surface area (TPSA) is 101 Å². The minimum Gasteiger partial charge on any atom is -0.314 e. The first-order valence-electron chi connectivity index (χ1n) is 7.96. The molecular weight excluding hydrogens is 326 g/mol. The number of rotatable bonds is 4. The number of hydrogen-bond donors (Lipinski definition) is 1. The predicted octanol–water partition coefficient (Wildman–Crippen LogP) is 1.92. The molecule has 1 N–H and O–H groups in total. The second-order valence-electron chi connectivity index (χ2n) is 5.92. The lowest BCUT2D eigenvalue weighted by atomic mass is 10.2. The van der Waals surface area contributed by atoms with E-state index < -0.39 is 16.1 Å². The molecule has 1 aliphatic heterocycles. The van der Waals surface area contributed by atoms with E-state index in [2.05, 4.69) is 14.9 Å². The Kier molecular flexibility index (Phi) is 4.64. The molecule has 0 aliphatic carbocycles. The quantitative estimate of drug-likeness (QED) is 0.912. The Morgan fingerprint density at radius 2 is 1.96 bits per heavy atom. The second kappa shape index (κ2) is 6.71. The molecule has 0 amide bonds. The van der Waals surface area contributed by atoms with Crippen molar-refractivity contribution >= 4 is 10.0 Å². The lowest BCUT2D eigenvalue weighted by Gasteiger charge is -2.15. The van der Waals surface area contributed by atoms with Crippen LogP contribution < -0.4 is 4.72 Å². The van der Waals surface area contributed by atoms with Gasteiger partial charge in [-0.1, -0.05) is 6.42 Å². The van der Waals surface area contributed by atoms with Crippen LogP contribution in [-0.2, 0) is 23.0 Å². The third-order valence-corrected chi connectivity index (χ3v) is 5.71. The smallest absolute Gasteiger partial charge is 0.241 e. The summed E-state index contributed by atoms with van der Waals surface area (Å²) in [6.45, 7) is 2.59. The Balaban J connectivity index is 1.82. The van der Waals surface area contributed by atoms with E-state index in [1.54, 1.807) is 6.92 Å². The van der Waals surface area contributed by atoms with Gasteiger partial charge in [-0.15, -0.1) is 10.2 Å². The first-order valence-corrected chi connectivity index (χ1v) is 9.44. The van der Waals surface area contributed by atoms with Crippen LogP contribution in [0.3, 0.4) is 0 Å². The summed E-state index contributed by atoms with van der Waals surface area (Å²) in [6, 6.07) is 7.32. The molecule has 0 radical (unpaired) electrons. The van der Waals surface area contributed by atoms with Crippen molar-refractivity contribution in [1.29, 1.82) is 5.26 Å². The minimum absolute atomic E-state index is 0.129. The third kappa shape index (κ3) is 3.32. The highest BCUT2D eigenvalue weighted by atomic mass is 32.2. The van der Waals surface area contributed by atoms with Crippen LogP contribution in [0.15, 0.2) is 29.2 Å². The number of hydrogen-bond acceptors (Lipinski definition) is 5. The van der Waals surface area contributed by atoms with Crippen molar-refractivity contribution < 1.29 is 8.42 Å². The van der Waals surface area contributed by atoms with E-state index in [9.17, 15) is 8.42 Å². The van der Waals surface area contributed by atoms with Crippen LogP contribution >= 0.6 is 0 Å². The second-order valence-corrected chi connectivity index (χ2v) is 7.63. The van der Waals surface area contributed by atoms with Crippen molar-refractivity contribution in [2.75, 3.05) is 0 Å². The lowest BCUT2D eigenvalue weighted by molar-refractivity contribution is 0.534. The first-order chi connectivity index (χ1) is 11.5. The molecule has 0 fully saturated rings. The van der Waals surface area contributed by atoms with Gasteiger partial charge in [0.1, 0.15) is 5.82 Å². The van der Waals surface area contributed by atoms with Crippen molar-refractivity contribution in [3.05, 3.63) is 41.5 Å². The number of nitrogens with one attached hydrogen (secondary N) is 1. The normalized spacial score (nSPS) is 16.0. The summed E-state index contributed by atoms with van der Waals surface area (Å²) in [6.07, 6.45) is 4.16. The SMILES string of the molecule is C[C@@H](NS(=O)(=O)c1ccc(C#N)cc1)c1nnc2n1CCCCC2. The molecule has 2 aromatic rings. The van der Waals surface area contributed by atoms with Gasteiger partial charge in [-0.25, -0.2) is 13.1 Å². The standard InChI is InChI=1S/C16H19N5O2S/c1-12(16-19-18-15-5-3-2-4-10-21(15)16)20-24(22,23)14-8-6-13(11-17)7-9-14/h6-9,12,20H,2-5,10H2,1H3/t12-/m1/s1. The van der Waals surface area contributed by atoms with Crippen molar-refractivity contribution in [2.24, 2.45) is 0 Å². The third-order valence-electron chi connectivity index (χ3n) is 4.15. The molecule has 0 saturated carbocycles. The molecule has 1 aromatic heterocycles. The summed E-state index contributed by atoms with van der Waals surface area (Å²) in [5.41, 5.74) is 0.421. The number of benzene rings is 1. The molecule has 8 heteroatoms. The van der Waals surface area contributed by atoms with Gasteiger partial charge in [0.25, 0.3) is 0 Å². The van der Waals surface area contributed by atoms with E-state index in [1.165, 1.54) is 24.3 Å². The lowest BCUT2D eigenvalue weighted by Crippen LogP contribution is -2.29. The summed E-state index contributed by atoms with van der Waals surface area (Å²) in [5.74, 6) is 1.57. The van der Waals surface area contributed by atoms with Gasteiger partial charge >= 0.3 is 0 Å². The molecule has 0 bridgehead atoms. The molecule has 0 saturated heterocycles. The van der Waals surface area contributed by atoms with Gasteiger partial charge in [-0.05, 0) is 44.0 Å². The summed E-state index contributed by atoms with van der Waals surface area (Å²) < 4.78 is 29.7. The van der Waals surface area contributed by atoms with Crippen molar-refractivity contribution in [1.82, 2.24) is 19.5 Å². The van der Waals surface area contributed by atoms with Gasteiger partial charge in [0, 0.05) is 13.0 Å². The molecule has 2 heterocycles. The van der Waals surface area contributed by atoms with E-state index in [0.717, 1.165) is 38.1 Å². The molecule has 7 nitrogen and oxygen atoms in total. The van der Waals surface area contributed by atoms with Gasteiger partial charge < -0.3 is 4.57 Å². The Morgan fingerprint density at radius 3 is 2.67 bits per heavy atom. The van der Waals surface area contributed by atoms with Crippen LogP contribution in [0.1, 0.15) is 49.4 Å². The van der Waals surface area contributed by atoms with Gasteiger partial charge in [-0.2, -0.15) is 5.26 Å². The van der Waals surface area contributed by atoms with Crippen LogP contribution in [-0.4, -0.2) is 23.2 Å². The van der Waals surface area contributed by atoms with Crippen LogP contribution in [0, 0.1) is 11.3 Å². The van der Waals surface area contributed by atoms with E-state index >= 15 is 0 Å². The molecule has 1 atom stereocenters. The number of nitrogens with zero attached hydrogens (tertiary/aromatic N) is 4. The summed E-state index contributed by atoms with van der Waals surface area (Å²) in [4.78, 5) is 0.129. The number of sulfonamides is 1. The van der Waals surface area contributed by atoms with E-state index in [-0.39, 0.29) is 4.90 Å². The molecule has 0 unspecified atom stereocenters. The molecule has 0 spiro atoms. The van der Waals surface area contributed by atoms with Crippen LogP contribution in [0.25, 0.3) is 0 Å². The van der Waals surface area contributed by atoms with Gasteiger partial charge in [0.15, 0.2) is 5.82 Å². The number of fused-ring (bicyclic) bond motifs is 1. The maximum Gasteiger partial charge on any atom is 0.241 e. The largest absolute Gasteiger partial charge is 0.314 e. The van der Waals surface area contributed by atoms with Gasteiger partial charge in [0.2, 0.25) is 10.0 Å². The number of aromatic nitrogens is 3. The maximum absolute atomic E-state index is 12.5. The predicted molar refractivity (Wildman–Crippen MR) is 87.5 cm³/mol. The molecule has 3 rings (SSSR count). The van der Waals surface area contributed by atoms with Crippen LogP contribution in [0.4, 0.5) is 0 Å². The Bertz CT molecular complexity index is 865. The Labute approximate surface area is 141 Å². The molecule has 1 aliphatic rings. The van der Waals surface area contributed by atoms with E-state index in [4.69, 9.17) is 5.26 Å². The molecule has 1 aromatic carbocycles. The van der Waals surface area contributed by atoms with Crippen LogP contribution in [0.2, 0.25) is 0 Å². The Hall–Kier alpha value is -2.24. The molecular formula is C16H19N5O2S. The van der Waals surface area contributed by atoms with Crippen molar-refractivity contribution in [3.63, 3.8) is 0 Å². The zero-order valence-electron chi connectivity index (χ0n) is 13.4. The Morgan fingerprint density at radius 1 is 1.21 bits per heavy atom. The summed E-state index contributed by atoms with van der Waals surface area (Å²) in [5, 5.41) is 17.2. The average Bonchev–Trinajstić information content (AvgIpc) is 2.83. The monoisotopic (exact) mass is 345 g/mol. The summed E-state index contributed by atoms with van der Waals surface area (Å²) >= 11 is 0. The highest BCUT2D eigenvalue weighted by Gasteiger charge is 2.24. The number of aryl methyl sites for hydroxylation is 1. The highest BCUT2D eigenvalue weighted by Crippen LogP contribution is 2.20. The van der Waals surface area contributed by atoms with E-state index in [0.29, 0.717) is 11.4 Å². The van der Waals surface area contributed by atoms with Gasteiger partial charge in [0.05, 0.1) is 22.6 Å². The fourth-order valence-electron chi connectivity index (χ4n) is 2.89. The number of nitriles is 1. The zero-order chi connectivity index (χ0) is 17.2.